The van der Waals surface area contributed by atoms with Crippen LogP contribution in [0.5, 0.6) is 0 Å². The Morgan fingerprint density at radius 3 is 2.04 bits per heavy atom. The van der Waals surface area contributed by atoms with Crippen LogP contribution in [0.15, 0.2) is 72.8 Å². The van der Waals surface area contributed by atoms with Gasteiger partial charge in [0.15, 0.2) is 0 Å². The largest absolute Gasteiger partial charge is 0.467 e. The molecule has 0 spiro atoms. The van der Waals surface area contributed by atoms with Gasteiger partial charge >= 0.3 is 11.9 Å². The number of hydrogen-bond acceptors (Lipinski definition) is 5. The summed E-state index contributed by atoms with van der Waals surface area (Å²) < 4.78 is 10.1. The van der Waals surface area contributed by atoms with Gasteiger partial charge in [-0.25, -0.2) is 9.59 Å². The number of ether oxygens (including phenoxy) is 2. The fraction of sp³-hybridized carbons (Fsp3) is 0.273. The van der Waals surface area contributed by atoms with E-state index in [1.54, 1.807) is 0 Å². The van der Waals surface area contributed by atoms with Crippen LogP contribution in [0, 0.1) is 0 Å². The zero-order chi connectivity index (χ0) is 19.4. The molecule has 27 heavy (non-hydrogen) atoms. The minimum absolute atomic E-state index is 0.197. The fourth-order valence-electron chi connectivity index (χ4n) is 3.81. The van der Waals surface area contributed by atoms with Crippen LogP contribution in [0.4, 0.5) is 0 Å². The average Bonchev–Trinajstić information content (AvgIpc) is 3.01. The summed E-state index contributed by atoms with van der Waals surface area (Å²) in [4.78, 5) is 27.6. The molecule has 0 N–H and O–H groups in total. The topological polar surface area (TPSA) is 55.8 Å². The Hall–Kier alpha value is -2.92. The van der Waals surface area contributed by atoms with Gasteiger partial charge in [0.2, 0.25) is 5.54 Å². The Morgan fingerprint density at radius 2 is 1.52 bits per heavy atom. The highest BCUT2D eigenvalue weighted by atomic mass is 16.5. The molecule has 1 fully saturated rings. The molecule has 2 aromatic rings. The molecule has 5 heteroatoms. The van der Waals surface area contributed by atoms with Crippen molar-refractivity contribution in [1.82, 2.24) is 4.90 Å². The number of hydrogen-bond donors (Lipinski definition) is 0. The molecule has 0 saturated carbocycles. The molecule has 1 aliphatic rings. The molecule has 1 atom stereocenters. The number of carbonyl (C=O) groups excluding carboxylic acids is 2. The second-order valence-corrected chi connectivity index (χ2v) is 6.54. The predicted molar refractivity (Wildman–Crippen MR) is 102 cm³/mol. The van der Waals surface area contributed by atoms with Gasteiger partial charge in [-0.2, -0.15) is 0 Å². The number of nitrogens with zero attached hydrogens (tertiary/aromatic N) is 1. The Kier molecular flexibility index (Phi) is 5.42. The molecule has 1 heterocycles. The lowest BCUT2D eigenvalue weighted by Gasteiger charge is -2.36. The van der Waals surface area contributed by atoms with E-state index in [9.17, 15) is 9.59 Å². The van der Waals surface area contributed by atoms with Crippen molar-refractivity contribution in [2.75, 3.05) is 14.2 Å². The van der Waals surface area contributed by atoms with Crippen LogP contribution in [0.1, 0.15) is 23.6 Å². The van der Waals surface area contributed by atoms with E-state index in [1.807, 2.05) is 65.6 Å². The zero-order valence-electron chi connectivity index (χ0n) is 15.6. The third-order valence-corrected chi connectivity index (χ3v) is 5.10. The highest BCUT2D eigenvalue weighted by Gasteiger charge is 2.62. The van der Waals surface area contributed by atoms with Crippen molar-refractivity contribution in [3.63, 3.8) is 0 Å². The van der Waals surface area contributed by atoms with E-state index in [1.165, 1.54) is 14.2 Å². The zero-order valence-corrected chi connectivity index (χ0v) is 15.6. The second kappa shape index (κ2) is 7.76. The van der Waals surface area contributed by atoms with Crippen LogP contribution in [0.3, 0.4) is 0 Å². The van der Waals surface area contributed by atoms with Crippen LogP contribution >= 0.6 is 0 Å². The minimum atomic E-state index is -1.67. The van der Waals surface area contributed by atoms with Crippen molar-refractivity contribution in [2.24, 2.45) is 0 Å². The Labute approximate surface area is 159 Å². The summed E-state index contributed by atoms with van der Waals surface area (Å²) in [6.45, 7) is 4.45. The van der Waals surface area contributed by atoms with Crippen LogP contribution in [0.2, 0.25) is 0 Å². The summed E-state index contributed by atoms with van der Waals surface area (Å²) in [5.74, 6) is -1.34. The van der Waals surface area contributed by atoms with E-state index in [2.05, 4.69) is 6.58 Å². The smallest absolute Gasteiger partial charge is 0.342 e. The molecular weight excluding hydrogens is 342 g/mol. The average molecular weight is 365 g/mol. The summed E-state index contributed by atoms with van der Waals surface area (Å²) in [7, 11) is 2.55. The first kappa shape index (κ1) is 18.9. The van der Waals surface area contributed by atoms with E-state index in [0.717, 1.165) is 11.1 Å². The third kappa shape index (κ3) is 3.15. The normalized spacial score (nSPS) is 18.9. The molecule has 2 aromatic carbocycles. The molecule has 140 valence electrons. The number of carbonyl (C=O) groups is 2. The molecule has 1 aliphatic heterocycles. The van der Waals surface area contributed by atoms with Crippen LogP contribution < -0.4 is 0 Å². The molecular formula is C22H23NO4. The standard InChI is InChI=1S/C22H23NO4/c1-16-14-19(18-12-8-5-9-13-18)23(15-17-10-6-4-7-11-17)22(16,20(24)26-2)21(25)27-3/h4-13,19H,1,14-15H2,2-3H3/t19-/m0/s1. The van der Waals surface area contributed by atoms with Gasteiger partial charge in [-0.1, -0.05) is 67.2 Å². The number of benzene rings is 2. The molecule has 5 nitrogen and oxygen atoms in total. The monoisotopic (exact) mass is 365 g/mol. The van der Waals surface area contributed by atoms with Crippen LogP contribution in [-0.2, 0) is 25.6 Å². The summed E-state index contributed by atoms with van der Waals surface area (Å²) in [6, 6.07) is 19.3. The Bertz CT molecular complexity index is 816. The van der Waals surface area contributed by atoms with Crippen molar-refractivity contribution < 1.29 is 19.1 Å². The van der Waals surface area contributed by atoms with Gasteiger partial charge < -0.3 is 9.47 Å². The molecule has 0 aromatic heterocycles. The van der Waals surface area contributed by atoms with Crippen molar-refractivity contribution in [2.45, 2.75) is 24.5 Å². The first-order chi connectivity index (χ1) is 13.1. The number of rotatable bonds is 5. The quantitative estimate of drug-likeness (QED) is 0.462. The lowest BCUT2D eigenvalue weighted by molar-refractivity contribution is -0.168. The van der Waals surface area contributed by atoms with Gasteiger partial charge in [-0.05, 0) is 23.1 Å². The number of methoxy groups -OCH3 is 2. The lowest BCUT2D eigenvalue weighted by Crippen LogP contribution is -2.58. The van der Waals surface area contributed by atoms with Gasteiger partial charge in [-0.15, -0.1) is 0 Å². The van der Waals surface area contributed by atoms with E-state index in [0.29, 0.717) is 18.5 Å². The third-order valence-electron chi connectivity index (χ3n) is 5.10. The molecule has 3 rings (SSSR count). The first-order valence-corrected chi connectivity index (χ1v) is 8.76. The molecule has 0 aliphatic carbocycles. The lowest BCUT2D eigenvalue weighted by atomic mass is 9.91. The van der Waals surface area contributed by atoms with Crippen molar-refractivity contribution in [3.05, 3.63) is 83.9 Å². The summed E-state index contributed by atoms with van der Waals surface area (Å²) >= 11 is 0. The van der Waals surface area contributed by atoms with Gasteiger partial charge in [0.05, 0.1) is 14.2 Å². The Morgan fingerprint density at radius 1 is 1.00 bits per heavy atom. The first-order valence-electron chi connectivity index (χ1n) is 8.76. The molecule has 1 saturated heterocycles. The van der Waals surface area contributed by atoms with Crippen molar-refractivity contribution in [3.8, 4) is 0 Å². The highest BCUT2D eigenvalue weighted by molar-refractivity contribution is 6.09. The van der Waals surface area contributed by atoms with E-state index >= 15 is 0 Å². The minimum Gasteiger partial charge on any atom is -0.467 e. The van der Waals surface area contributed by atoms with Crippen LogP contribution in [-0.4, -0.2) is 36.6 Å². The predicted octanol–water partition coefficient (Wildman–Crippen LogP) is 3.27. The molecule has 0 unspecified atom stereocenters. The maximum absolute atomic E-state index is 12.9. The van der Waals surface area contributed by atoms with Gasteiger partial charge in [0.25, 0.3) is 0 Å². The Balaban J connectivity index is 2.15. The summed E-state index contributed by atoms with van der Waals surface area (Å²) in [6.07, 6.45) is 0.459. The van der Waals surface area contributed by atoms with Crippen molar-refractivity contribution in [1.29, 1.82) is 0 Å². The fourth-order valence-corrected chi connectivity index (χ4v) is 3.81. The van der Waals surface area contributed by atoms with Crippen LogP contribution in [0.25, 0.3) is 0 Å². The number of likely N-dealkylation sites (tertiary alicyclic amines) is 1. The summed E-state index contributed by atoms with van der Waals surface area (Å²) in [5, 5.41) is 0. The SMILES string of the molecule is C=C1C[C@@H](c2ccccc2)N(Cc2ccccc2)C1(C(=O)OC)C(=O)OC. The van der Waals surface area contributed by atoms with Crippen molar-refractivity contribution >= 4 is 11.9 Å². The second-order valence-electron chi connectivity index (χ2n) is 6.54. The molecule has 0 amide bonds. The van der Waals surface area contributed by atoms with Gasteiger partial charge in [-0.3, -0.25) is 4.90 Å². The van der Waals surface area contributed by atoms with Gasteiger partial charge in [0, 0.05) is 12.6 Å². The molecule has 0 bridgehead atoms. The van der Waals surface area contributed by atoms with E-state index < -0.39 is 17.5 Å². The maximum atomic E-state index is 12.9. The van der Waals surface area contributed by atoms with Gasteiger partial charge in [0.1, 0.15) is 0 Å². The summed E-state index contributed by atoms with van der Waals surface area (Å²) in [5.41, 5.74) is 0.792. The number of esters is 2. The highest BCUT2D eigenvalue weighted by Crippen LogP contribution is 2.47. The molecule has 0 radical (unpaired) electrons. The maximum Gasteiger partial charge on any atom is 0.342 e. The van der Waals surface area contributed by atoms with E-state index in [4.69, 9.17) is 9.47 Å². The van der Waals surface area contributed by atoms with E-state index in [-0.39, 0.29) is 6.04 Å².